The molecule has 6 nitrogen and oxygen atoms in total. The van der Waals surface area contributed by atoms with Gasteiger partial charge in [0.15, 0.2) is 0 Å². The number of ether oxygens (including phenoxy) is 1. The minimum Gasteiger partial charge on any atom is -0.489 e. The summed E-state index contributed by atoms with van der Waals surface area (Å²) in [7, 11) is 0. The van der Waals surface area contributed by atoms with Crippen LogP contribution in [0, 0.1) is 5.82 Å². The van der Waals surface area contributed by atoms with Crippen molar-refractivity contribution in [3.8, 4) is 28.3 Å². The van der Waals surface area contributed by atoms with E-state index >= 15 is 0 Å². The van der Waals surface area contributed by atoms with Gasteiger partial charge >= 0.3 is 5.97 Å². The zero-order valence-electron chi connectivity index (χ0n) is 21.7. The normalized spacial score (nSPS) is 11.2. The Morgan fingerprint density at radius 1 is 0.905 bits per heavy atom. The second kappa shape index (κ2) is 11.5. The third-order valence-corrected chi connectivity index (χ3v) is 7.81. The Hall–Kier alpha value is -4.30. The molecule has 0 saturated carbocycles. The highest BCUT2D eigenvalue weighted by Crippen LogP contribution is 2.39. The fraction of sp³-hybridized carbons (Fsp3) is 0.0625. The monoisotopic (exact) mass is 619 g/mol. The molecule has 0 spiro atoms. The Morgan fingerprint density at radius 3 is 2.36 bits per heavy atom. The van der Waals surface area contributed by atoms with E-state index in [0.29, 0.717) is 67.4 Å². The zero-order valence-corrected chi connectivity index (χ0v) is 24.0. The van der Waals surface area contributed by atoms with E-state index in [1.54, 1.807) is 48.8 Å². The Bertz CT molecular complexity index is 1930. The summed E-state index contributed by atoms with van der Waals surface area (Å²) < 4.78 is 21.6. The summed E-state index contributed by atoms with van der Waals surface area (Å²) in [4.78, 5) is 20.0. The predicted octanol–water partition coefficient (Wildman–Crippen LogP) is 9.12. The summed E-state index contributed by atoms with van der Waals surface area (Å²) >= 11 is 18.3. The van der Waals surface area contributed by atoms with Gasteiger partial charge in [-0.15, -0.1) is 0 Å². The fourth-order valence-electron chi connectivity index (χ4n) is 4.84. The van der Waals surface area contributed by atoms with Crippen molar-refractivity contribution in [2.24, 2.45) is 0 Å². The van der Waals surface area contributed by atoms with Crippen molar-refractivity contribution in [1.82, 2.24) is 14.5 Å². The van der Waals surface area contributed by atoms with Gasteiger partial charge in [0.2, 0.25) is 0 Å². The van der Waals surface area contributed by atoms with E-state index in [-0.39, 0.29) is 11.5 Å². The van der Waals surface area contributed by atoms with Gasteiger partial charge in [-0.1, -0.05) is 59.1 Å². The second-order valence-electron chi connectivity index (χ2n) is 9.63. The molecule has 0 atom stereocenters. The molecule has 0 unspecified atom stereocenters. The van der Waals surface area contributed by atoms with Crippen molar-refractivity contribution in [2.45, 2.75) is 13.2 Å². The Morgan fingerprint density at radius 2 is 1.64 bits per heavy atom. The number of nitrogens with one attached hydrogen (secondary N) is 1. The van der Waals surface area contributed by atoms with Crippen LogP contribution in [0.5, 0.6) is 5.75 Å². The van der Waals surface area contributed by atoms with Gasteiger partial charge in [0.25, 0.3) is 0 Å². The number of aromatic carboxylic acids is 1. The number of carboxylic acid groups (broad SMARTS) is 1. The number of carboxylic acids is 1. The fourth-order valence-corrected chi connectivity index (χ4v) is 5.34. The number of nitrogens with zero attached hydrogens (tertiary/aromatic N) is 2. The lowest BCUT2D eigenvalue weighted by molar-refractivity contribution is 0.0692. The maximum Gasteiger partial charge on any atom is 0.353 e. The van der Waals surface area contributed by atoms with Gasteiger partial charge in [0, 0.05) is 33.6 Å². The lowest BCUT2D eigenvalue weighted by atomic mass is 10.0. The summed E-state index contributed by atoms with van der Waals surface area (Å²) in [6.07, 6.45) is 1.66. The van der Waals surface area contributed by atoms with Crippen LogP contribution in [0.2, 0.25) is 15.1 Å². The molecule has 0 aliphatic heterocycles. The first-order valence-electron chi connectivity index (χ1n) is 12.8. The number of hydrogen-bond acceptors (Lipinski definition) is 3. The molecule has 0 bridgehead atoms. The van der Waals surface area contributed by atoms with Crippen molar-refractivity contribution < 1.29 is 19.0 Å². The van der Waals surface area contributed by atoms with Crippen LogP contribution in [0.3, 0.4) is 0 Å². The number of hydrogen-bond donors (Lipinski definition) is 2. The van der Waals surface area contributed by atoms with E-state index in [1.165, 1.54) is 12.1 Å². The molecule has 6 rings (SSSR count). The first kappa shape index (κ1) is 27.8. The molecule has 6 aromatic rings. The van der Waals surface area contributed by atoms with Gasteiger partial charge in [-0.05, 0) is 71.8 Å². The molecule has 0 radical (unpaired) electrons. The topological polar surface area (TPSA) is 80.1 Å². The highest BCUT2D eigenvalue weighted by atomic mass is 35.5. The number of halogens is 4. The standard InChI is InChI=1S/C32H21Cl3FN3O3/c33-21-6-11-24-27(14-21)38-30(32(40)41)28(24)31-29(20-4-7-22(36)8-5-20)37-17-39(31)15-18-1-9-23(10-2-18)42-16-19-3-12-25(34)26(35)13-19/h1-14,17,38H,15-16H2,(H,40,41). The summed E-state index contributed by atoms with van der Waals surface area (Å²) in [5.74, 6) is -0.836. The van der Waals surface area contributed by atoms with Crippen LogP contribution >= 0.6 is 34.8 Å². The van der Waals surface area contributed by atoms with Gasteiger partial charge in [-0.2, -0.15) is 0 Å². The number of rotatable bonds is 8. The molecule has 0 aliphatic rings. The molecule has 210 valence electrons. The summed E-state index contributed by atoms with van der Waals surface area (Å²) in [6, 6.07) is 24.0. The molecule has 0 saturated heterocycles. The van der Waals surface area contributed by atoms with Gasteiger partial charge in [0.1, 0.15) is 23.9 Å². The molecule has 4 aromatic carbocycles. The van der Waals surface area contributed by atoms with Crippen molar-refractivity contribution in [1.29, 1.82) is 0 Å². The molecule has 2 aromatic heterocycles. The smallest absolute Gasteiger partial charge is 0.353 e. The molecular weight excluding hydrogens is 600 g/mol. The Kier molecular flexibility index (Phi) is 7.64. The number of benzene rings is 4. The summed E-state index contributed by atoms with van der Waals surface area (Å²) in [5.41, 5.74) is 4.62. The van der Waals surface area contributed by atoms with Crippen LogP contribution in [0.15, 0.2) is 91.3 Å². The van der Waals surface area contributed by atoms with Crippen molar-refractivity contribution >= 4 is 51.7 Å². The first-order valence-corrected chi connectivity index (χ1v) is 13.9. The third kappa shape index (κ3) is 5.59. The Labute approximate surface area is 254 Å². The van der Waals surface area contributed by atoms with E-state index in [0.717, 1.165) is 11.1 Å². The number of aromatic amines is 1. The predicted molar refractivity (Wildman–Crippen MR) is 163 cm³/mol. The minimum atomic E-state index is -1.13. The molecule has 42 heavy (non-hydrogen) atoms. The van der Waals surface area contributed by atoms with Gasteiger partial charge in [-0.3, -0.25) is 0 Å². The number of aromatic nitrogens is 3. The lowest BCUT2D eigenvalue weighted by Crippen LogP contribution is -2.05. The first-order chi connectivity index (χ1) is 20.3. The van der Waals surface area contributed by atoms with Crippen LogP contribution in [-0.4, -0.2) is 25.6 Å². The van der Waals surface area contributed by atoms with Crippen molar-refractivity contribution in [3.63, 3.8) is 0 Å². The summed E-state index contributed by atoms with van der Waals surface area (Å²) in [6.45, 7) is 0.710. The molecule has 0 aliphatic carbocycles. The quantitative estimate of drug-likeness (QED) is 0.178. The zero-order chi connectivity index (χ0) is 29.4. The SMILES string of the molecule is O=C(O)c1[nH]c2cc(Cl)ccc2c1-c1c(-c2ccc(F)cc2)ncn1Cc1ccc(OCc2ccc(Cl)c(Cl)c2)cc1. The molecule has 0 fully saturated rings. The Balaban J connectivity index is 1.37. The van der Waals surface area contributed by atoms with Gasteiger partial charge in [-0.25, -0.2) is 14.2 Å². The highest BCUT2D eigenvalue weighted by molar-refractivity contribution is 6.42. The highest BCUT2D eigenvalue weighted by Gasteiger charge is 2.25. The van der Waals surface area contributed by atoms with Crippen LogP contribution in [0.4, 0.5) is 4.39 Å². The second-order valence-corrected chi connectivity index (χ2v) is 10.9. The molecule has 10 heteroatoms. The van der Waals surface area contributed by atoms with E-state index in [9.17, 15) is 14.3 Å². The lowest BCUT2D eigenvalue weighted by Gasteiger charge is -2.13. The largest absolute Gasteiger partial charge is 0.489 e. The van der Waals surface area contributed by atoms with E-state index in [4.69, 9.17) is 39.5 Å². The van der Waals surface area contributed by atoms with Crippen molar-refractivity contribution in [3.05, 3.63) is 129 Å². The van der Waals surface area contributed by atoms with Crippen LogP contribution < -0.4 is 4.74 Å². The van der Waals surface area contributed by atoms with Gasteiger partial charge in [0.05, 0.1) is 27.8 Å². The average molecular weight is 621 g/mol. The maximum absolute atomic E-state index is 13.8. The van der Waals surface area contributed by atoms with E-state index in [1.807, 2.05) is 34.9 Å². The molecule has 2 N–H and O–H groups in total. The maximum atomic E-state index is 13.8. The number of carbonyl (C=O) groups is 1. The van der Waals surface area contributed by atoms with E-state index < -0.39 is 5.97 Å². The van der Waals surface area contributed by atoms with Crippen LogP contribution in [0.1, 0.15) is 21.6 Å². The number of H-pyrrole nitrogens is 1. The molecule has 0 amide bonds. The average Bonchev–Trinajstić information content (AvgIpc) is 3.55. The minimum absolute atomic E-state index is 0.00318. The van der Waals surface area contributed by atoms with Crippen LogP contribution in [0.25, 0.3) is 33.4 Å². The van der Waals surface area contributed by atoms with E-state index in [2.05, 4.69) is 9.97 Å². The van der Waals surface area contributed by atoms with Crippen LogP contribution in [-0.2, 0) is 13.2 Å². The number of fused-ring (bicyclic) bond motifs is 1. The third-order valence-electron chi connectivity index (χ3n) is 6.83. The molecule has 2 heterocycles. The van der Waals surface area contributed by atoms with Crippen molar-refractivity contribution in [2.75, 3.05) is 0 Å². The van der Waals surface area contributed by atoms with Gasteiger partial charge < -0.3 is 19.4 Å². The summed E-state index contributed by atoms with van der Waals surface area (Å²) in [5, 5.41) is 12.2. The molecular formula is C32H21Cl3FN3O3. The number of imidazole rings is 1.